The largest absolute Gasteiger partial charge is 0.464 e. The first kappa shape index (κ1) is 43.6. The van der Waals surface area contributed by atoms with Crippen molar-refractivity contribution in [3.05, 3.63) is 79.3 Å². The first-order chi connectivity index (χ1) is 26.5. The van der Waals surface area contributed by atoms with E-state index in [2.05, 4.69) is 61.7 Å². The van der Waals surface area contributed by atoms with E-state index in [1.165, 1.54) is 31.3 Å². The van der Waals surface area contributed by atoms with Gasteiger partial charge in [-0.3, -0.25) is 4.90 Å². The number of methoxy groups -OCH3 is 1. The second kappa shape index (κ2) is 16.7. The minimum absolute atomic E-state index is 0.0302. The Morgan fingerprint density at radius 3 is 2.18 bits per heavy atom. The predicted octanol–water partition coefficient (Wildman–Crippen LogP) is 9.43. The molecule has 1 amide bonds. The third kappa shape index (κ3) is 9.95. The molecule has 2 fully saturated rings. The van der Waals surface area contributed by atoms with Gasteiger partial charge in [0.25, 0.3) is 0 Å². The summed E-state index contributed by atoms with van der Waals surface area (Å²) in [5.41, 5.74) is -2.33. The number of amides is 1. The average Bonchev–Trinajstić information content (AvgIpc) is 3.63. The molecular formula is C34H30Br2F9N7O5. The molecule has 0 radical (unpaired) electrons. The topological polar surface area (TPSA) is 137 Å². The smallest absolute Gasteiger partial charge is 0.416 e. The number of ether oxygens (including phenoxy) is 2. The highest BCUT2D eigenvalue weighted by atomic mass is 79.9. The summed E-state index contributed by atoms with van der Waals surface area (Å²) in [5.74, 6) is -1.75. The van der Waals surface area contributed by atoms with Crippen molar-refractivity contribution < 1.29 is 63.1 Å². The van der Waals surface area contributed by atoms with Crippen molar-refractivity contribution in [2.75, 3.05) is 25.1 Å². The van der Waals surface area contributed by atoms with Crippen LogP contribution >= 0.6 is 31.9 Å². The fourth-order valence-corrected chi connectivity index (χ4v) is 6.87. The number of anilines is 1. The standard InChI is InChI=1S/C28H26F9N5O3.C6H4Br2N2O2/c1-13-22(15(3)45-40-13)20-10-38-24(41-6-4-5-17(11-41)26(29,30)31)21(39-20)12-42-14(2)23(44-25(42)43)16-7-18(27(32,33)34)9-19(8-16)28(35,36)37;1-12-6(11)4-5(8)9-2-3(7)10-4/h7-10,14,17,23H,4-6,11-12H2,1-3H3;2H,1H3/t14-,17?,23?;/m0./s1. The molecular weight excluding hydrogens is 917 g/mol. The van der Waals surface area contributed by atoms with Crippen LogP contribution in [0.3, 0.4) is 0 Å². The van der Waals surface area contributed by atoms with Crippen LogP contribution < -0.4 is 4.90 Å². The zero-order valence-electron chi connectivity index (χ0n) is 30.0. The van der Waals surface area contributed by atoms with E-state index in [0.29, 0.717) is 38.4 Å². The highest BCUT2D eigenvalue weighted by Crippen LogP contribution is 2.42. The number of rotatable bonds is 6. The van der Waals surface area contributed by atoms with Crippen LogP contribution in [-0.4, -0.2) is 74.5 Å². The number of aryl methyl sites for hydroxylation is 2. The van der Waals surface area contributed by atoms with Gasteiger partial charge in [0, 0.05) is 13.1 Å². The molecule has 308 valence electrons. The van der Waals surface area contributed by atoms with Crippen LogP contribution in [-0.2, 0) is 28.4 Å². The van der Waals surface area contributed by atoms with E-state index in [9.17, 15) is 49.1 Å². The lowest BCUT2D eigenvalue weighted by Crippen LogP contribution is -2.43. The Bertz CT molecular complexity index is 2080. The number of piperidine rings is 1. The lowest BCUT2D eigenvalue weighted by Gasteiger charge is -2.35. The van der Waals surface area contributed by atoms with Gasteiger partial charge in [0.05, 0.1) is 66.1 Å². The third-order valence-electron chi connectivity index (χ3n) is 9.02. The minimum Gasteiger partial charge on any atom is -0.464 e. The molecule has 1 aromatic carbocycles. The molecule has 6 rings (SSSR count). The summed E-state index contributed by atoms with van der Waals surface area (Å²) in [6.07, 6.45) is -14.4. The highest BCUT2D eigenvalue weighted by molar-refractivity contribution is 9.10. The maximum Gasteiger partial charge on any atom is 0.416 e. The number of halogens is 11. The van der Waals surface area contributed by atoms with E-state index >= 15 is 0 Å². The Hall–Kier alpha value is -4.54. The predicted molar refractivity (Wildman–Crippen MR) is 187 cm³/mol. The van der Waals surface area contributed by atoms with Crippen molar-refractivity contribution in [3.63, 3.8) is 0 Å². The number of carbonyl (C=O) groups excluding carboxylic acids is 2. The zero-order chi connectivity index (χ0) is 42.2. The van der Waals surface area contributed by atoms with E-state index in [-0.39, 0.29) is 48.4 Å². The molecule has 0 N–H and O–H groups in total. The van der Waals surface area contributed by atoms with Gasteiger partial charge in [0.1, 0.15) is 26.8 Å². The molecule has 0 aliphatic carbocycles. The van der Waals surface area contributed by atoms with Gasteiger partial charge in [-0.25, -0.2) is 29.5 Å². The quantitative estimate of drug-likeness (QED) is 0.135. The molecule has 57 heavy (non-hydrogen) atoms. The molecule has 0 bridgehead atoms. The molecule has 2 aliphatic rings. The Morgan fingerprint density at radius 1 is 0.965 bits per heavy atom. The van der Waals surface area contributed by atoms with Crippen LogP contribution in [0.1, 0.15) is 70.2 Å². The lowest BCUT2D eigenvalue weighted by molar-refractivity contribution is -0.176. The van der Waals surface area contributed by atoms with Gasteiger partial charge >= 0.3 is 30.6 Å². The Labute approximate surface area is 334 Å². The number of benzene rings is 1. The number of esters is 1. The normalized spacial score (nSPS) is 18.9. The van der Waals surface area contributed by atoms with Crippen molar-refractivity contribution in [2.45, 2.75) is 70.8 Å². The van der Waals surface area contributed by atoms with Gasteiger partial charge in [0.2, 0.25) is 0 Å². The fraction of sp³-hybridized carbons (Fsp3) is 0.441. The van der Waals surface area contributed by atoms with E-state index in [1.54, 1.807) is 13.8 Å². The number of carbonyl (C=O) groups is 2. The monoisotopic (exact) mass is 945 g/mol. The van der Waals surface area contributed by atoms with Crippen molar-refractivity contribution in [3.8, 4) is 11.3 Å². The maximum absolute atomic E-state index is 13.6. The molecule has 0 spiro atoms. The van der Waals surface area contributed by atoms with Crippen molar-refractivity contribution in [1.29, 1.82) is 0 Å². The van der Waals surface area contributed by atoms with Gasteiger partial charge in [-0.1, -0.05) is 5.16 Å². The summed E-state index contributed by atoms with van der Waals surface area (Å²) in [6, 6.07) is -0.163. The molecule has 2 saturated heterocycles. The number of alkyl halides is 9. The first-order valence-corrected chi connectivity index (χ1v) is 18.2. The summed E-state index contributed by atoms with van der Waals surface area (Å²) >= 11 is 6.17. The number of cyclic esters (lactones) is 1. The van der Waals surface area contributed by atoms with Gasteiger partial charge in [-0.15, -0.1) is 0 Å². The summed E-state index contributed by atoms with van der Waals surface area (Å²) in [7, 11) is 1.29. The summed E-state index contributed by atoms with van der Waals surface area (Å²) in [4.78, 5) is 43.2. The fourth-order valence-electron chi connectivity index (χ4n) is 6.24. The summed E-state index contributed by atoms with van der Waals surface area (Å²) in [5, 5.41) is 3.87. The lowest BCUT2D eigenvalue weighted by atomic mass is 9.97. The van der Waals surface area contributed by atoms with E-state index in [1.807, 2.05) is 0 Å². The molecule has 4 aromatic rings. The van der Waals surface area contributed by atoms with Crippen LogP contribution in [0.4, 0.5) is 50.1 Å². The van der Waals surface area contributed by atoms with Crippen LogP contribution in [0.5, 0.6) is 0 Å². The molecule has 0 saturated carbocycles. The molecule has 2 aliphatic heterocycles. The van der Waals surface area contributed by atoms with Crippen LogP contribution in [0.25, 0.3) is 11.3 Å². The average molecular weight is 947 g/mol. The SMILES string of the molecule is COC(=O)c1nc(Br)cnc1Br.Cc1noc(C)c1-c1cnc(N2CCCC(C(F)(F)F)C2)c(CN2C(=O)OC(c3cc(C(F)(F)F)cc(C(F)(F)F)c3)[C@@H]2C)n1. The molecule has 23 heteroatoms. The maximum atomic E-state index is 13.6. The van der Waals surface area contributed by atoms with Crippen LogP contribution in [0.15, 0.2) is 44.3 Å². The zero-order valence-corrected chi connectivity index (χ0v) is 33.2. The molecule has 12 nitrogen and oxygen atoms in total. The molecule has 5 heterocycles. The summed E-state index contributed by atoms with van der Waals surface area (Å²) in [6.45, 7) is 3.96. The molecule has 2 unspecified atom stereocenters. The first-order valence-electron chi connectivity index (χ1n) is 16.6. The van der Waals surface area contributed by atoms with E-state index in [0.717, 1.165) is 4.90 Å². The molecule has 3 atom stereocenters. The van der Waals surface area contributed by atoms with Crippen molar-refractivity contribution in [2.24, 2.45) is 5.92 Å². The van der Waals surface area contributed by atoms with Crippen LogP contribution in [0, 0.1) is 19.8 Å². The third-order valence-corrected chi connectivity index (χ3v) is 9.99. The Balaban J connectivity index is 0.000000442. The second-order valence-electron chi connectivity index (χ2n) is 12.9. The van der Waals surface area contributed by atoms with E-state index < -0.39 is 78.4 Å². The number of hydrogen-bond donors (Lipinski definition) is 0. The number of hydrogen-bond acceptors (Lipinski definition) is 11. The van der Waals surface area contributed by atoms with Crippen molar-refractivity contribution in [1.82, 2.24) is 30.0 Å². The van der Waals surface area contributed by atoms with Gasteiger partial charge < -0.3 is 18.9 Å². The Kier molecular flexibility index (Phi) is 12.8. The molecule has 3 aromatic heterocycles. The van der Waals surface area contributed by atoms with Gasteiger partial charge in [0.15, 0.2) is 11.5 Å². The van der Waals surface area contributed by atoms with Crippen molar-refractivity contribution >= 4 is 49.7 Å². The highest BCUT2D eigenvalue weighted by Gasteiger charge is 2.45. The van der Waals surface area contributed by atoms with Crippen LogP contribution in [0.2, 0.25) is 0 Å². The number of nitrogens with zero attached hydrogens (tertiary/aromatic N) is 7. The Morgan fingerprint density at radius 2 is 1.61 bits per heavy atom. The number of aromatic nitrogens is 5. The van der Waals surface area contributed by atoms with Gasteiger partial charge in [-0.05, 0) is 89.2 Å². The van der Waals surface area contributed by atoms with E-state index in [4.69, 9.17) is 9.26 Å². The van der Waals surface area contributed by atoms with Gasteiger partial charge in [-0.2, -0.15) is 39.5 Å². The second-order valence-corrected chi connectivity index (χ2v) is 14.5. The minimum atomic E-state index is -5.12. The summed E-state index contributed by atoms with van der Waals surface area (Å²) < 4.78 is 138.